The summed E-state index contributed by atoms with van der Waals surface area (Å²) in [5, 5.41) is 14.7. The van der Waals surface area contributed by atoms with Crippen molar-refractivity contribution in [2.24, 2.45) is 0 Å². The molecule has 0 radical (unpaired) electrons. The van der Waals surface area contributed by atoms with Crippen molar-refractivity contribution in [3.05, 3.63) is 29.3 Å². The van der Waals surface area contributed by atoms with Crippen molar-refractivity contribution >= 4 is 29.3 Å². The molecule has 22 heavy (non-hydrogen) atoms. The van der Waals surface area contributed by atoms with Crippen LogP contribution in [0.3, 0.4) is 0 Å². The number of rotatable bonds is 5. The Morgan fingerprint density at radius 2 is 2.14 bits per heavy atom. The van der Waals surface area contributed by atoms with Crippen LogP contribution in [0.2, 0.25) is 5.02 Å². The molecule has 2 amide bonds. The van der Waals surface area contributed by atoms with Crippen LogP contribution in [-0.2, 0) is 4.79 Å². The normalized spacial score (nSPS) is 17.9. The Kier molecular flexibility index (Phi) is 5.89. The van der Waals surface area contributed by atoms with E-state index in [0.717, 1.165) is 25.1 Å². The molecule has 120 valence electrons. The maximum atomic E-state index is 11.7. The average molecular weight is 326 g/mol. The largest absolute Gasteiger partial charge is 0.481 e. The van der Waals surface area contributed by atoms with Crippen molar-refractivity contribution < 1.29 is 14.7 Å². The van der Waals surface area contributed by atoms with E-state index < -0.39 is 5.97 Å². The topological polar surface area (TPSA) is 81.7 Å². The van der Waals surface area contributed by atoms with Crippen LogP contribution >= 0.6 is 11.6 Å². The van der Waals surface area contributed by atoms with Gasteiger partial charge in [-0.05, 0) is 25.0 Å². The first-order valence-corrected chi connectivity index (χ1v) is 7.69. The van der Waals surface area contributed by atoms with E-state index in [1.165, 1.54) is 0 Å². The molecular weight excluding hydrogens is 306 g/mol. The molecule has 1 heterocycles. The van der Waals surface area contributed by atoms with E-state index in [9.17, 15) is 9.59 Å². The van der Waals surface area contributed by atoms with E-state index in [1.807, 2.05) is 24.3 Å². The lowest BCUT2D eigenvalue weighted by molar-refractivity contribution is -0.136. The van der Waals surface area contributed by atoms with Crippen molar-refractivity contribution in [3.63, 3.8) is 0 Å². The Morgan fingerprint density at radius 3 is 2.86 bits per heavy atom. The predicted octanol–water partition coefficient (Wildman–Crippen LogP) is 2.08. The van der Waals surface area contributed by atoms with E-state index >= 15 is 0 Å². The monoisotopic (exact) mass is 325 g/mol. The molecule has 1 atom stereocenters. The van der Waals surface area contributed by atoms with Crippen LogP contribution in [0.25, 0.3) is 0 Å². The molecule has 1 fully saturated rings. The number of anilines is 1. The minimum Gasteiger partial charge on any atom is -0.481 e. The Balaban J connectivity index is 1.84. The van der Waals surface area contributed by atoms with Crippen LogP contribution in [0.4, 0.5) is 10.5 Å². The van der Waals surface area contributed by atoms with Gasteiger partial charge in [0.05, 0.1) is 17.1 Å². The van der Waals surface area contributed by atoms with E-state index in [-0.39, 0.29) is 25.0 Å². The molecule has 3 N–H and O–H groups in total. The number of urea groups is 1. The zero-order valence-electron chi connectivity index (χ0n) is 12.2. The fourth-order valence-corrected chi connectivity index (χ4v) is 2.80. The lowest BCUT2D eigenvalue weighted by Gasteiger charge is -2.35. The molecule has 1 aromatic carbocycles. The van der Waals surface area contributed by atoms with Gasteiger partial charge in [0.15, 0.2) is 0 Å². The highest BCUT2D eigenvalue weighted by Crippen LogP contribution is 2.27. The Morgan fingerprint density at radius 1 is 1.36 bits per heavy atom. The second kappa shape index (κ2) is 7.89. The van der Waals surface area contributed by atoms with Gasteiger partial charge in [0, 0.05) is 25.7 Å². The van der Waals surface area contributed by atoms with Gasteiger partial charge >= 0.3 is 12.0 Å². The lowest BCUT2D eigenvalue weighted by Crippen LogP contribution is -2.50. The first kappa shape index (κ1) is 16.4. The molecule has 0 bridgehead atoms. The molecule has 0 aliphatic carbocycles. The van der Waals surface area contributed by atoms with E-state index in [0.29, 0.717) is 11.6 Å². The van der Waals surface area contributed by atoms with Gasteiger partial charge in [0.2, 0.25) is 0 Å². The van der Waals surface area contributed by atoms with Crippen molar-refractivity contribution in [2.45, 2.75) is 25.3 Å². The summed E-state index contributed by atoms with van der Waals surface area (Å²) < 4.78 is 0. The highest BCUT2D eigenvalue weighted by atomic mass is 35.5. The lowest BCUT2D eigenvalue weighted by atomic mass is 10.1. The van der Waals surface area contributed by atoms with Gasteiger partial charge in [0.1, 0.15) is 0 Å². The van der Waals surface area contributed by atoms with Gasteiger partial charge in [-0.1, -0.05) is 23.7 Å². The predicted molar refractivity (Wildman–Crippen MR) is 85.5 cm³/mol. The van der Waals surface area contributed by atoms with Gasteiger partial charge in [-0.25, -0.2) is 4.79 Å². The molecule has 1 aliphatic heterocycles. The number of amides is 2. The van der Waals surface area contributed by atoms with Crippen LogP contribution in [0.15, 0.2) is 24.3 Å². The summed E-state index contributed by atoms with van der Waals surface area (Å²) in [7, 11) is 0. The molecule has 7 heteroatoms. The van der Waals surface area contributed by atoms with Gasteiger partial charge < -0.3 is 20.6 Å². The van der Waals surface area contributed by atoms with Crippen LogP contribution in [0.5, 0.6) is 0 Å². The second-order valence-corrected chi connectivity index (χ2v) is 5.69. The summed E-state index contributed by atoms with van der Waals surface area (Å²) in [5.41, 5.74) is 0.974. The first-order valence-electron chi connectivity index (χ1n) is 7.32. The Labute approximate surface area is 134 Å². The maximum Gasteiger partial charge on any atom is 0.315 e. The number of halogens is 1. The smallest absolute Gasteiger partial charge is 0.315 e. The standard InChI is InChI=1S/C15H20ClN3O3/c16-12-5-1-2-6-13(12)19-9-3-4-11(10-19)18-15(22)17-8-7-14(20)21/h1-2,5-6,11H,3-4,7-10H2,(H,20,21)(H2,17,18,22). The second-order valence-electron chi connectivity index (χ2n) is 5.28. The first-order chi connectivity index (χ1) is 10.6. The number of carboxylic acid groups (broad SMARTS) is 1. The van der Waals surface area contributed by atoms with Crippen LogP contribution < -0.4 is 15.5 Å². The number of carbonyl (C=O) groups excluding carboxylic acids is 1. The molecule has 0 saturated carbocycles. The number of hydrogen-bond acceptors (Lipinski definition) is 3. The molecule has 1 aromatic rings. The van der Waals surface area contributed by atoms with E-state index in [2.05, 4.69) is 15.5 Å². The number of nitrogens with zero attached hydrogens (tertiary/aromatic N) is 1. The van der Waals surface area contributed by atoms with Crippen LogP contribution in [-0.4, -0.2) is 42.8 Å². The Hall–Kier alpha value is -1.95. The molecule has 1 unspecified atom stereocenters. The van der Waals surface area contributed by atoms with Crippen molar-refractivity contribution in [3.8, 4) is 0 Å². The molecule has 1 saturated heterocycles. The highest BCUT2D eigenvalue weighted by Gasteiger charge is 2.22. The zero-order chi connectivity index (χ0) is 15.9. The number of piperidine rings is 1. The van der Waals surface area contributed by atoms with Crippen molar-refractivity contribution in [1.29, 1.82) is 0 Å². The highest BCUT2D eigenvalue weighted by molar-refractivity contribution is 6.33. The van der Waals surface area contributed by atoms with Crippen molar-refractivity contribution in [1.82, 2.24) is 10.6 Å². The third-order valence-corrected chi connectivity index (χ3v) is 3.89. The third kappa shape index (κ3) is 4.80. The number of para-hydroxylation sites is 1. The van der Waals surface area contributed by atoms with E-state index in [1.54, 1.807) is 0 Å². The summed E-state index contributed by atoms with van der Waals surface area (Å²) in [6, 6.07) is 7.35. The van der Waals surface area contributed by atoms with E-state index in [4.69, 9.17) is 16.7 Å². The minimum absolute atomic E-state index is 0.0230. The van der Waals surface area contributed by atoms with Crippen LogP contribution in [0.1, 0.15) is 19.3 Å². The number of carbonyl (C=O) groups is 2. The molecule has 6 nitrogen and oxygen atoms in total. The Bertz CT molecular complexity index is 539. The molecule has 1 aliphatic rings. The fourth-order valence-electron chi connectivity index (χ4n) is 2.54. The van der Waals surface area contributed by atoms with Crippen LogP contribution in [0, 0.1) is 0 Å². The molecular formula is C15H20ClN3O3. The van der Waals surface area contributed by atoms with Gasteiger partial charge in [0.25, 0.3) is 0 Å². The van der Waals surface area contributed by atoms with Gasteiger partial charge in [-0.3, -0.25) is 4.79 Å². The summed E-state index contributed by atoms with van der Waals surface area (Å²) in [6.45, 7) is 1.72. The zero-order valence-corrected chi connectivity index (χ0v) is 13.0. The fraction of sp³-hybridized carbons (Fsp3) is 0.467. The summed E-state index contributed by atoms with van der Waals surface area (Å²) in [4.78, 5) is 24.3. The summed E-state index contributed by atoms with van der Waals surface area (Å²) in [5.74, 6) is -0.928. The summed E-state index contributed by atoms with van der Waals surface area (Å²) in [6.07, 6.45) is 1.78. The molecule has 0 aromatic heterocycles. The van der Waals surface area contributed by atoms with Gasteiger partial charge in [-0.15, -0.1) is 0 Å². The SMILES string of the molecule is O=C(O)CCNC(=O)NC1CCCN(c2ccccc2Cl)C1. The maximum absolute atomic E-state index is 11.7. The molecule has 0 spiro atoms. The number of carboxylic acids is 1. The third-order valence-electron chi connectivity index (χ3n) is 3.57. The van der Waals surface area contributed by atoms with Crippen molar-refractivity contribution in [2.75, 3.05) is 24.5 Å². The number of nitrogens with one attached hydrogen (secondary N) is 2. The summed E-state index contributed by atoms with van der Waals surface area (Å²) >= 11 is 6.21. The molecule has 2 rings (SSSR count). The average Bonchev–Trinajstić information content (AvgIpc) is 2.47. The number of hydrogen-bond donors (Lipinski definition) is 3. The number of benzene rings is 1. The quantitative estimate of drug-likeness (QED) is 0.774. The minimum atomic E-state index is -0.928. The number of aliphatic carboxylic acids is 1. The van der Waals surface area contributed by atoms with Gasteiger partial charge in [-0.2, -0.15) is 0 Å².